The maximum Gasteiger partial charge on any atom is 0.262 e. The molecule has 4 fully saturated rings. The van der Waals surface area contributed by atoms with E-state index in [2.05, 4.69) is 36.0 Å². The third-order valence-electron chi connectivity index (χ3n) is 13.0. The summed E-state index contributed by atoms with van der Waals surface area (Å²) in [6.45, 7) is 7.41. The number of pyridine rings is 2. The van der Waals surface area contributed by atoms with Crippen LogP contribution in [0.3, 0.4) is 0 Å². The molecule has 1 aromatic carbocycles. The first-order valence-corrected chi connectivity index (χ1v) is 21.0. The zero-order valence-corrected chi connectivity index (χ0v) is 34.2. The monoisotopic (exact) mass is 830 g/mol. The Morgan fingerprint density at radius 1 is 0.902 bits per heavy atom. The minimum absolute atomic E-state index is 0.0476. The fourth-order valence-electron chi connectivity index (χ4n) is 9.74. The largest absolute Gasteiger partial charge is 0.512 e. The molecule has 1 aliphatic carbocycles. The molecule has 1 unspecified atom stereocenters. The summed E-state index contributed by atoms with van der Waals surface area (Å²) in [6.07, 6.45) is 8.10. The number of nitrogens with zero attached hydrogens (tertiary/aromatic N) is 9. The first-order chi connectivity index (χ1) is 29.4. The van der Waals surface area contributed by atoms with E-state index >= 15 is 4.39 Å². The van der Waals surface area contributed by atoms with Gasteiger partial charge in [-0.1, -0.05) is 12.8 Å². The van der Waals surface area contributed by atoms with Crippen LogP contribution in [-0.4, -0.2) is 122 Å². The molecule has 1 aromatic heterocycles. The smallest absolute Gasteiger partial charge is 0.262 e. The number of piperazine rings is 1. The van der Waals surface area contributed by atoms with Crippen LogP contribution in [0.2, 0.25) is 0 Å². The van der Waals surface area contributed by atoms with E-state index in [0.717, 1.165) is 47.5 Å². The molecule has 316 valence electrons. The van der Waals surface area contributed by atoms with E-state index in [9.17, 15) is 29.1 Å². The van der Waals surface area contributed by atoms with Crippen molar-refractivity contribution in [3.05, 3.63) is 75.6 Å². The van der Waals surface area contributed by atoms with Crippen molar-refractivity contribution in [2.24, 2.45) is 4.99 Å². The minimum atomic E-state index is -1.38. The summed E-state index contributed by atoms with van der Waals surface area (Å²) in [5, 5.41) is 13.5. The topological polar surface area (TPSA) is 187 Å². The summed E-state index contributed by atoms with van der Waals surface area (Å²) >= 11 is 0. The highest BCUT2D eigenvalue weighted by Crippen LogP contribution is 2.35. The second-order valence-corrected chi connectivity index (χ2v) is 16.8. The van der Waals surface area contributed by atoms with Crippen molar-refractivity contribution in [2.75, 3.05) is 55.6 Å². The van der Waals surface area contributed by atoms with Crippen molar-refractivity contribution < 1.29 is 33.5 Å². The molecule has 17 heteroatoms. The molecular formula is C44H47FN10O6. The number of carbonyl (C=O) groups is 4. The van der Waals surface area contributed by atoms with E-state index in [0.29, 0.717) is 81.1 Å². The number of hydrogen-bond donors (Lipinski definition) is 2. The van der Waals surface area contributed by atoms with Gasteiger partial charge in [0.15, 0.2) is 11.8 Å². The van der Waals surface area contributed by atoms with Crippen LogP contribution in [0.5, 0.6) is 0 Å². The van der Waals surface area contributed by atoms with Crippen molar-refractivity contribution >= 4 is 52.5 Å². The van der Waals surface area contributed by atoms with Gasteiger partial charge in [-0.3, -0.25) is 34.3 Å². The third-order valence-corrected chi connectivity index (χ3v) is 13.0. The van der Waals surface area contributed by atoms with Gasteiger partial charge in [0.05, 0.1) is 34.0 Å². The van der Waals surface area contributed by atoms with Crippen LogP contribution in [0.25, 0.3) is 17.1 Å². The van der Waals surface area contributed by atoms with Crippen molar-refractivity contribution in [1.82, 2.24) is 34.6 Å². The predicted molar refractivity (Wildman–Crippen MR) is 221 cm³/mol. The molecule has 4 amide bonds. The number of alkyl halides is 1. The SMILES string of the molecule is C/C(O)=c1/c(C)c2cnc(=Nc3ccc(N4CCN(CC5(F)CCN(c6ccc7c(c6)C(=O)N(C6CCC(=O)NC6=O)C7=O)CC5)CC4)cn3)nc-2n(C2CCCC2)c1=C=O. The Bertz CT molecular complexity index is 2640. The number of piperidine rings is 2. The van der Waals surface area contributed by atoms with Gasteiger partial charge in [-0.2, -0.15) is 9.98 Å². The standard InChI is InChI=1S/C44H47FN10O6/c1-26-33-23-47-43(50-39(33)54(28-5-3-4-6-28)35(24-56)38(26)27(2)57)48-36-11-8-30(22-46-36)53-19-17-51(18-20-53)25-44(45)13-15-52(16-14-44)29-7-9-31-32(21-29)42(61)55(41(31)60)34-10-12-37(58)49-40(34)59/h7-9,11,21-23,28,34,57H,3-6,10,12-20,25H2,1-2H3,(H,49,58,59)/b38-27+,48-43?. The minimum Gasteiger partial charge on any atom is -0.512 e. The van der Waals surface area contributed by atoms with Crippen LogP contribution in [0.15, 0.2) is 47.7 Å². The average Bonchev–Trinajstić information content (AvgIpc) is 3.87. The van der Waals surface area contributed by atoms with Gasteiger partial charge in [0.1, 0.15) is 22.9 Å². The van der Waals surface area contributed by atoms with Gasteiger partial charge in [0.2, 0.25) is 11.8 Å². The number of aliphatic hydroxyl groups excluding tert-OH is 1. The van der Waals surface area contributed by atoms with Gasteiger partial charge in [-0.05, 0) is 69.0 Å². The number of benzene rings is 1. The van der Waals surface area contributed by atoms with Crippen LogP contribution in [-0.2, 0) is 14.4 Å². The molecule has 0 bridgehead atoms. The Kier molecular flexibility index (Phi) is 10.5. The van der Waals surface area contributed by atoms with Gasteiger partial charge in [-0.15, -0.1) is 0 Å². The first-order valence-electron chi connectivity index (χ1n) is 21.0. The van der Waals surface area contributed by atoms with E-state index in [1.165, 1.54) is 0 Å². The Morgan fingerprint density at radius 2 is 1.61 bits per heavy atom. The molecular weight excluding hydrogens is 784 g/mol. The normalized spacial score (nSPS) is 21.9. The molecule has 0 spiro atoms. The third kappa shape index (κ3) is 7.45. The number of fused-ring (bicyclic) bond motifs is 2. The van der Waals surface area contributed by atoms with Crippen LogP contribution in [0, 0.1) is 6.92 Å². The number of halogens is 1. The Hall–Kier alpha value is -6.32. The number of carbonyl (C=O) groups excluding carboxylic acids is 5. The molecule has 0 radical (unpaired) electrons. The zero-order chi connectivity index (χ0) is 42.6. The summed E-state index contributed by atoms with van der Waals surface area (Å²) in [5.41, 5.74) is 2.36. The number of aromatic nitrogens is 4. The van der Waals surface area contributed by atoms with Gasteiger partial charge in [-0.25, -0.2) is 19.2 Å². The van der Waals surface area contributed by atoms with Gasteiger partial charge in [0, 0.05) is 88.6 Å². The second kappa shape index (κ2) is 15.9. The molecule has 61 heavy (non-hydrogen) atoms. The lowest BCUT2D eigenvalue weighted by Crippen LogP contribution is -2.54. The molecule has 2 N–H and O–H groups in total. The number of imide groups is 2. The van der Waals surface area contributed by atoms with E-state index in [1.54, 1.807) is 37.5 Å². The van der Waals surface area contributed by atoms with Gasteiger partial charge < -0.3 is 19.5 Å². The Morgan fingerprint density at radius 3 is 2.28 bits per heavy atom. The van der Waals surface area contributed by atoms with Gasteiger partial charge >= 0.3 is 0 Å². The van der Waals surface area contributed by atoms with Crippen molar-refractivity contribution in [3.8, 4) is 11.4 Å². The lowest BCUT2D eigenvalue weighted by molar-refractivity contribution is -0.136. The highest BCUT2D eigenvalue weighted by molar-refractivity contribution is 6.23. The molecule has 16 nitrogen and oxygen atoms in total. The Balaban J connectivity index is 0.815. The molecule has 7 aliphatic rings. The van der Waals surface area contributed by atoms with Crippen molar-refractivity contribution in [1.29, 1.82) is 0 Å². The molecule has 2 aromatic rings. The maximum absolute atomic E-state index is 16.3. The van der Waals surface area contributed by atoms with E-state index < -0.39 is 35.3 Å². The predicted octanol–water partition coefficient (Wildman–Crippen LogP) is 2.16. The summed E-state index contributed by atoms with van der Waals surface area (Å²) in [4.78, 5) is 88.8. The van der Waals surface area contributed by atoms with Crippen LogP contribution in [0.4, 0.5) is 21.6 Å². The number of anilines is 2. The fourth-order valence-corrected chi connectivity index (χ4v) is 9.74. The lowest BCUT2D eigenvalue weighted by atomic mass is 9.91. The lowest BCUT2D eigenvalue weighted by Gasteiger charge is -2.42. The highest BCUT2D eigenvalue weighted by Gasteiger charge is 2.45. The summed E-state index contributed by atoms with van der Waals surface area (Å²) in [5.74, 6) is 0.954. The maximum atomic E-state index is 16.3. The number of aliphatic hydroxyl groups is 1. The second-order valence-electron chi connectivity index (χ2n) is 16.8. The van der Waals surface area contributed by atoms with Crippen LogP contribution < -0.4 is 31.3 Å². The van der Waals surface area contributed by atoms with Crippen molar-refractivity contribution in [2.45, 2.75) is 83.0 Å². The first kappa shape index (κ1) is 40.1. The summed E-state index contributed by atoms with van der Waals surface area (Å²) in [6, 6.07) is 7.81. The highest BCUT2D eigenvalue weighted by atomic mass is 19.1. The van der Waals surface area contributed by atoms with Crippen LogP contribution in [0.1, 0.15) is 90.6 Å². The Labute approximate surface area is 350 Å². The molecule has 9 rings (SSSR count). The molecule has 3 saturated heterocycles. The average molecular weight is 831 g/mol. The van der Waals surface area contributed by atoms with Crippen molar-refractivity contribution in [3.63, 3.8) is 0 Å². The molecule has 1 saturated carbocycles. The van der Waals surface area contributed by atoms with Gasteiger partial charge in [0.25, 0.3) is 17.4 Å². The quantitative estimate of drug-likeness (QED) is 0.259. The summed E-state index contributed by atoms with van der Waals surface area (Å²) in [7, 11) is 0. The van der Waals surface area contributed by atoms with E-state index in [1.807, 2.05) is 28.5 Å². The molecule has 6 aliphatic heterocycles. The summed E-state index contributed by atoms with van der Waals surface area (Å²) < 4.78 is 18.2. The van der Waals surface area contributed by atoms with Crippen LogP contribution >= 0.6 is 0 Å². The number of rotatable bonds is 7. The number of nitrogens with one attached hydrogen (secondary N) is 1. The van der Waals surface area contributed by atoms with E-state index in [4.69, 9.17) is 4.98 Å². The fraction of sp³-hybridized carbons (Fsp3) is 0.455. The number of hydrogen-bond acceptors (Lipinski definition) is 13. The number of amides is 4. The molecule has 7 heterocycles. The zero-order valence-electron chi connectivity index (χ0n) is 34.2. The van der Waals surface area contributed by atoms with E-state index in [-0.39, 0.29) is 46.7 Å². The molecule has 1 atom stereocenters.